The lowest BCUT2D eigenvalue weighted by Gasteiger charge is -2.35. The number of halogens is 1. The van der Waals surface area contributed by atoms with Gasteiger partial charge in [0.25, 0.3) is 0 Å². The molecule has 170 valence electrons. The van der Waals surface area contributed by atoms with Crippen LogP contribution in [0.15, 0.2) is 47.4 Å². The van der Waals surface area contributed by atoms with Crippen LogP contribution in [-0.4, -0.2) is 66.7 Å². The molecule has 0 radical (unpaired) electrons. The van der Waals surface area contributed by atoms with Crippen LogP contribution in [0.5, 0.6) is 5.75 Å². The van der Waals surface area contributed by atoms with Gasteiger partial charge in [0, 0.05) is 43.4 Å². The Balaban J connectivity index is 1.55. The minimum atomic E-state index is -3.82. The number of benzene rings is 2. The molecule has 0 saturated carbocycles. The number of piperazine rings is 1. The normalized spacial score (nSPS) is 15.8. The molecule has 3 rings (SSSR count). The molecule has 1 aliphatic rings. The number of sulfonamides is 2. The Labute approximate surface area is 188 Å². The number of nitrogens with one attached hydrogen (secondary N) is 1. The molecule has 11 heteroatoms. The van der Waals surface area contributed by atoms with Crippen molar-refractivity contribution >= 4 is 37.3 Å². The maximum absolute atomic E-state index is 12.7. The fourth-order valence-electron chi connectivity index (χ4n) is 3.43. The second-order valence-corrected chi connectivity index (χ2v) is 11.5. The van der Waals surface area contributed by atoms with Crippen LogP contribution in [-0.2, 0) is 20.0 Å². The first-order chi connectivity index (χ1) is 14.6. The van der Waals surface area contributed by atoms with E-state index in [0.29, 0.717) is 42.5 Å². The van der Waals surface area contributed by atoms with Crippen LogP contribution in [0.25, 0.3) is 0 Å². The third kappa shape index (κ3) is 5.89. The van der Waals surface area contributed by atoms with Gasteiger partial charge >= 0.3 is 0 Å². The molecule has 1 aliphatic heterocycles. The summed E-state index contributed by atoms with van der Waals surface area (Å²) in [5.74, 6) is 0.275. The molecule has 2 aromatic rings. The smallest absolute Gasteiger partial charge is 0.240 e. The summed E-state index contributed by atoms with van der Waals surface area (Å²) in [6.07, 6.45) is 0. The van der Waals surface area contributed by atoms with E-state index in [1.54, 1.807) is 19.1 Å². The number of hydrogen-bond donors (Lipinski definition) is 1. The van der Waals surface area contributed by atoms with E-state index in [9.17, 15) is 16.8 Å². The zero-order chi connectivity index (χ0) is 22.6. The first-order valence-electron chi connectivity index (χ1n) is 9.75. The minimum absolute atomic E-state index is 0.0679. The number of methoxy groups -OCH3 is 1. The predicted molar refractivity (Wildman–Crippen MR) is 122 cm³/mol. The van der Waals surface area contributed by atoms with Gasteiger partial charge in [-0.15, -0.1) is 0 Å². The molecule has 1 saturated heterocycles. The number of aryl methyl sites for hydroxylation is 1. The summed E-state index contributed by atoms with van der Waals surface area (Å²) in [7, 11) is -5.90. The number of rotatable bonds is 8. The molecule has 0 unspecified atom stereocenters. The van der Waals surface area contributed by atoms with Gasteiger partial charge in [-0.25, -0.2) is 21.6 Å². The van der Waals surface area contributed by atoms with Crippen molar-refractivity contribution in [3.05, 3.63) is 53.1 Å². The standard InChI is InChI=1S/C20H26ClN3O5S2/c1-16-14-19(6-7-20(16)29-2)31(27,28)22-8-13-30(25,26)24-11-9-23(10-12-24)18-5-3-4-17(21)15-18/h3-7,14-15,22H,8-13H2,1-2H3. The van der Waals surface area contributed by atoms with Gasteiger partial charge in [-0.1, -0.05) is 17.7 Å². The van der Waals surface area contributed by atoms with Crippen molar-refractivity contribution in [1.82, 2.24) is 9.03 Å². The van der Waals surface area contributed by atoms with E-state index in [2.05, 4.69) is 9.62 Å². The van der Waals surface area contributed by atoms with Crippen LogP contribution in [0.4, 0.5) is 5.69 Å². The highest BCUT2D eigenvalue weighted by molar-refractivity contribution is 7.90. The van der Waals surface area contributed by atoms with E-state index in [1.165, 1.54) is 23.5 Å². The number of nitrogens with zero attached hydrogens (tertiary/aromatic N) is 2. The molecule has 1 heterocycles. The number of anilines is 1. The third-order valence-corrected chi connectivity index (χ3v) is 8.70. The highest BCUT2D eigenvalue weighted by Gasteiger charge is 2.27. The van der Waals surface area contributed by atoms with Crippen molar-refractivity contribution in [2.75, 3.05) is 50.5 Å². The van der Waals surface area contributed by atoms with Gasteiger partial charge in [0.15, 0.2) is 0 Å². The van der Waals surface area contributed by atoms with Gasteiger partial charge in [-0.3, -0.25) is 0 Å². The first-order valence-corrected chi connectivity index (χ1v) is 13.2. The Bertz CT molecular complexity index is 1130. The molecule has 1 N–H and O–H groups in total. The lowest BCUT2D eigenvalue weighted by Crippen LogP contribution is -2.50. The monoisotopic (exact) mass is 487 g/mol. The summed E-state index contributed by atoms with van der Waals surface area (Å²) in [6, 6.07) is 11.9. The highest BCUT2D eigenvalue weighted by Crippen LogP contribution is 2.22. The average molecular weight is 488 g/mol. The van der Waals surface area contributed by atoms with Crippen LogP contribution < -0.4 is 14.4 Å². The van der Waals surface area contributed by atoms with Gasteiger partial charge in [-0.2, -0.15) is 4.31 Å². The summed E-state index contributed by atoms with van der Waals surface area (Å²) < 4.78 is 59.3. The Morgan fingerprint density at radius 2 is 1.74 bits per heavy atom. The van der Waals surface area contributed by atoms with Crippen molar-refractivity contribution in [3.63, 3.8) is 0 Å². The van der Waals surface area contributed by atoms with E-state index in [-0.39, 0.29) is 17.2 Å². The van der Waals surface area contributed by atoms with E-state index in [0.717, 1.165) is 5.69 Å². The molecule has 0 aromatic heterocycles. The fraction of sp³-hybridized carbons (Fsp3) is 0.400. The van der Waals surface area contributed by atoms with Crippen LogP contribution in [0.1, 0.15) is 5.56 Å². The second kappa shape index (κ2) is 9.74. The van der Waals surface area contributed by atoms with Crippen molar-refractivity contribution in [2.24, 2.45) is 0 Å². The largest absolute Gasteiger partial charge is 0.496 e. The van der Waals surface area contributed by atoms with Crippen LogP contribution in [0, 0.1) is 6.92 Å². The van der Waals surface area contributed by atoms with Crippen molar-refractivity contribution in [3.8, 4) is 5.75 Å². The molecule has 2 aromatic carbocycles. The molecule has 0 aliphatic carbocycles. The average Bonchev–Trinajstić information content (AvgIpc) is 2.73. The predicted octanol–water partition coefficient (Wildman–Crippen LogP) is 2.09. The molecule has 0 amide bonds. The summed E-state index contributed by atoms with van der Waals surface area (Å²) in [5.41, 5.74) is 1.63. The van der Waals surface area contributed by atoms with Crippen LogP contribution in [0.2, 0.25) is 5.02 Å². The summed E-state index contributed by atoms with van der Waals surface area (Å²) >= 11 is 6.03. The molecule has 0 bridgehead atoms. The maximum atomic E-state index is 12.7. The van der Waals surface area contributed by atoms with E-state index in [4.69, 9.17) is 16.3 Å². The molecule has 8 nitrogen and oxygen atoms in total. The topological polar surface area (TPSA) is 96.0 Å². The molecule has 31 heavy (non-hydrogen) atoms. The van der Waals surface area contributed by atoms with Crippen LogP contribution in [0.3, 0.4) is 0 Å². The molecule has 0 atom stereocenters. The van der Waals surface area contributed by atoms with Crippen molar-refractivity contribution < 1.29 is 21.6 Å². The van der Waals surface area contributed by atoms with E-state index >= 15 is 0 Å². The first kappa shape index (κ1) is 23.8. The second-order valence-electron chi connectivity index (χ2n) is 7.21. The quantitative estimate of drug-likeness (QED) is 0.612. The van der Waals surface area contributed by atoms with Gasteiger partial charge in [0.05, 0.1) is 17.8 Å². The Morgan fingerprint density at radius 3 is 2.35 bits per heavy atom. The Kier molecular flexibility index (Phi) is 7.48. The zero-order valence-corrected chi connectivity index (χ0v) is 19.8. The van der Waals surface area contributed by atoms with Gasteiger partial charge in [0.1, 0.15) is 5.75 Å². The molecule has 0 spiro atoms. The summed E-state index contributed by atoms with van der Waals surface area (Å²) in [6.45, 7) is 3.28. The zero-order valence-electron chi connectivity index (χ0n) is 17.4. The lowest BCUT2D eigenvalue weighted by atomic mass is 10.2. The SMILES string of the molecule is COc1ccc(S(=O)(=O)NCCS(=O)(=O)N2CCN(c3cccc(Cl)c3)CC2)cc1C. The highest BCUT2D eigenvalue weighted by atomic mass is 35.5. The summed E-state index contributed by atoms with van der Waals surface area (Å²) in [4.78, 5) is 2.14. The summed E-state index contributed by atoms with van der Waals surface area (Å²) in [5, 5.41) is 0.631. The number of ether oxygens (including phenoxy) is 1. The van der Waals surface area contributed by atoms with Crippen molar-refractivity contribution in [1.29, 1.82) is 0 Å². The van der Waals surface area contributed by atoms with E-state index in [1.807, 2.05) is 18.2 Å². The Hall–Kier alpha value is -1.85. The van der Waals surface area contributed by atoms with Gasteiger partial charge in [-0.05, 0) is 48.9 Å². The van der Waals surface area contributed by atoms with E-state index < -0.39 is 20.0 Å². The fourth-order valence-corrected chi connectivity index (χ4v) is 6.20. The molecule has 1 fully saturated rings. The lowest BCUT2D eigenvalue weighted by molar-refractivity contribution is 0.385. The van der Waals surface area contributed by atoms with Gasteiger partial charge in [0.2, 0.25) is 20.0 Å². The molecular formula is C20H26ClN3O5S2. The van der Waals surface area contributed by atoms with Crippen molar-refractivity contribution in [2.45, 2.75) is 11.8 Å². The Morgan fingerprint density at radius 1 is 1.03 bits per heavy atom. The minimum Gasteiger partial charge on any atom is -0.496 e. The third-order valence-electron chi connectivity index (χ3n) is 5.13. The molecular weight excluding hydrogens is 462 g/mol. The van der Waals surface area contributed by atoms with Crippen LogP contribution >= 0.6 is 11.6 Å². The van der Waals surface area contributed by atoms with Gasteiger partial charge < -0.3 is 9.64 Å². The maximum Gasteiger partial charge on any atom is 0.240 e. The number of hydrogen-bond acceptors (Lipinski definition) is 6.